The van der Waals surface area contributed by atoms with Gasteiger partial charge in [0, 0.05) is 51.3 Å². The summed E-state index contributed by atoms with van der Waals surface area (Å²) in [5.74, 6) is 1.66. The van der Waals surface area contributed by atoms with Crippen molar-refractivity contribution in [1.82, 2.24) is 15.5 Å². The van der Waals surface area contributed by atoms with Crippen LogP contribution in [0.1, 0.15) is 30.4 Å². The van der Waals surface area contributed by atoms with Crippen LogP contribution < -0.4 is 15.4 Å². The Morgan fingerprint density at radius 1 is 1.36 bits per heavy atom. The van der Waals surface area contributed by atoms with Crippen LogP contribution >= 0.6 is 24.0 Å². The second-order valence-corrected chi connectivity index (χ2v) is 6.87. The number of hydrogen-bond acceptors (Lipinski definition) is 4. The lowest BCUT2D eigenvalue weighted by atomic mass is 9.93. The van der Waals surface area contributed by atoms with Gasteiger partial charge in [-0.2, -0.15) is 0 Å². The molecule has 9 heteroatoms. The molecular weight excluding hydrogens is 478 g/mol. The minimum atomic E-state index is -0.301. The van der Waals surface area contributed by atoms with Gasteiger partial charge in [-0.1, -0.05) is 0 Å². The van der Waals surface area contributed by atoms with Crippen molar-refractivity contribution in [2.45, 2.75) is 32.4 Å². The number of hydrogen-bond donors (Lipinski definition) is 2. The van der Waals surface area contributed by atoms with Crippen LogP contribution in [0.2, 0.25) is 0 Å². The highest BCUT2D eigenvalue weighted by atomic mass is 127. The van der Waals surface area contributed by atoms with E-state index >= 15 is 0 Å². The standard InChI is InChI=1S/C19H27FN4O3.HI/c1-21-17(25)7-13-3-5-24(6-4-13)19(22-2)23-10-14-8-16(20)9-15-11-26-12-27-18(14)15;/h8-9,13H,3-7,10-12H2,1-2H3,(H,21,25)(H,22,23);1H. The molecule has 2 N–H and O–H groups in total. The van der Waals surface area contributed by atoms with E-state index in [2.05, 4.69) is 20.5 Å². The van der Waals surface area contributed by atoms with Crippen molar-refractivity contribution in [3.05, 3.63) is 29.1 Å². The van der Waals surface area contributed by atoms with E-state index in [1.807, 2.05) is 0 Å². The van der Waals surface area contributed by atoms with Gasteiger partial charge in [0.2, 0.25) is 5.91 Å². The molecule has 28 heavy (non-hydrogen) atoms. The van der Waals surface area contributed by atoms with Crippen molar-refractivity contribution < 1.29 is 18.7 Å². The second-order valence-electron chi connectivity index (χ2n) is 6.87. The largest absolute Gasteiger partial charge is 0.467 e. The molecular formula is C19H28FIN4O3. The van der Waals surface area contributed by atoms with Gasteiger partial charge >= 0.3 is 0 Å². The molecule has 0 bridgehead atoms. The monoisotopic (exact) mass is 506 g/mol. The summed E-state index contributed by atoms with van der Waals surface area (Å²) < 4.78 is 24.7. The topological polar surface area (TPSA) is 75.2 Å². The van der Waals surface area contributed by atoms with Gasteiger partial charge in [-0.3, -0.25) is 9.79 Å². The maximum Gasteiger partial charge on any atom is 0.220 e. The number of likely N-dealkylation sites (tertiary alicyclic amines) is 1. The molecule has 0 saturated carbocycles. The molecule has 7 nitrogen and oxygen atoms in total. The molecule has 0 aromatic heterocycles. The van der Waals surface area contributed by atoms with E-state index in [9.17, 15) is 9.18 Å². The second kappa shape index (κ2) is 10.8. The SMILES string of the molecule is CN=C(NCc1cc(F)cc2c1OCOC2)N1CCC(CC(=O)NC)CC1.I. The van der Waals surface area contributed by atoms with Gasteiger partial charge in [-0.25, -0.2) is 4.39 Å². The summed E-state index contributed by atoms with van der Waals surface area (Å²) in [6.45, 7) is 2.64. The number of halogens is 2. The van der Waals surface area contributed by atoms with E-state index in [-0.39, 0.29) is 42.5 Å². The Morgan fingerprint density at radius 3 is 2.79 bits per heavy atom. The number of carbonyl (C=O) groups is 1. The molecule has 0 atom stereocenters. The fourth-order valence-electron chi connectivity index (χ4n) is 3.61. The first-order chi connectivity index (χ1) is 13.1. The average Bonchev–Trinajstić information content (AvgIpc) is 2.69. The molecule has 0 unspecified atom stereocenters. The third kappa shape index (κ3) is 5.69. The van der Waals surface area contributed by atoms with Crippen molar-refractivity contribution in [3.63, 3.8) is 0 Å². The maximum atomic E-state index is 13.9. The summed E-state index contributed by atoms with van der Waals surface area (Å²) in [7, 11) is 3.41. The minimum absolute atomic E-state index is 0. The lowest BCUT2D eigenvalue weighted by Gasteiger charge is -2.34. The van der Waals surface area contributed by atoms with Crippen LogP contribution in [0.3, 0.4) is 0 Å². The highest BCUT2D eigenvalue weighted by Gasteiger charge is 2.23. The summed E-state index contributed by atoms with van der Waals surface area (Å²) in [6.07, 6.45) is 2.47. The summed E-state index contributed by atoms with van der Waals surface area (Å²) in [5, 5.41) is 5.99. The molecule has 2 heterocycles. The van der Waals surface area contributed by atoms with E-state index in [1.54, 1.807) is 14.1 Å². The Morgan fingerprint density at radius 2 is 2.11 bits per heavy atom. The number of benzene rings is 1. The predicted octanol–water partition coefficient (Wildman–Crippen LogP) is 2.23. The molecule has 1 fully saturated rings. The highest BCUT2D eigenvalue weighted by molar-refractivity contribution is 14.0. The molecule has 0 spiro atoms. The molecule has 2 aliphatic rings. The minimum Gasteiger partial charge on any atom is -0.467 e. The van der Waals surface area contributed by atoms with Crippen LogP contribution in [0.5, 0.6) is 5.75 Å². The zero-order valence-corrected chi connectivity index (χ0v) is 18.6. The number of nitrogens with one attached hydrogen (secondary N) is 2. The third-order valence-electron chi connectivity index (χ3n) is 5.07. The Labute approximate surface area is 182 Å². The lowest BCUT2D eigenvalue weighted by Crippen LogP contribution is -2.45. The van der Waals surface area contributed by atoms with Crippen LogP contribution in [0.15, 0.2) is 17.1 Å². The first-order valence-electron chi connectivity index (χ1n) is 9.28. The Kier molecular flexibility index (Phi) is 8.74. The number of amides is 1. The Hall–Kier alpha value is -1.62. The summed E-state index contributed by atoms with van der Waals surface area (Å²) in [6, 6.07) is 2.93. The highest BCUT2D eigenvalue weighted by Crippen LogP contribution is 2.29. The van der Waals surface area contributed by atoms with Gasteiger partial charge < -0.3 is 25.0 Å². The molecule has 0 aliphatic carbocycles. The number of guanidine groups is 1. The van der Waals surface area contributed by atoms with Crippen LogP contribution in [0.25, 0.3) is 0 Å². The van der Waals surface area contributed by atoms with Crippen LogP contribution in [0, 0.1) is 11.7 Å². The van der Waals surface area contributed by atoms with Crippen molar-refractivity contribution in [3.8, 4) is 5.75 Å². The van der Waals surface area contributed by atoms with Gasteiger partial charge in [0.25, 0.3) is 0 Å². The molecule has 156 valence electrons. The molecule has 2 aliphatic heterocycles. The molecule has 3 rings (SSSR count). The van der Waals surface area contributed by atoms with E-state index < -0.39 is 0 Å². The van der Waals surface area contributed by atoms with Gasteiger partial charge in [0.1, 0.15) is 11.6 Å². The van der Waals surface area contributed by atoms with E-state index in [4.69, 9.17) is 9.47 Å². The average molecular weight is 506 g/mol. The van der Waals surface area contributed by atoms with Crippen molar-refractivity contribution >= 4 is 35.8 Å². The predicted molar refractivity (Wildman–Crippen MR) is 115 cm³/mol. The first-order valence-corrected chi connectivity index (χ1v) is 9.28. The number of ether oxygens (including phenoxy) is 2. The first kappa shape index (κ1) is 22.7. The lowest BCUT2D eigenvalue weighted by molar-refractivity contribution is -0.121. The molecule has 0 radical (unpaired) electrons. The number of fused-ring (bicyclic) bond motifs is 1. The summed E-state index contributed by atoms with van der Waals surface area (Å²) in [4.78, 5) is 18.1. The zero-order chi connectivity index (χ0) is 19.2. The third-order valence-corrected chi connectivity index (χ3v) is 5.07. The van der Waals surface area contributed by atoms with E-state index in [0.29, 0.717) is 31.2 Å². The Balaban J connectivity index is 0.00000280. The van der Waals surface area contributed by atoms with Gasteiger partial charge in [0.15, 0.2) is 12.8 Å². The van der Waals surface area contributed by atoms with Gasteiger partial charge in [-0.05, 0) is 30.9 Å². The smallest absolute Gasteiger partial charge is 0.220 e. The molecule has 1 amide bonds. The number of carbonyl (C=O) groups excluding carboxylic acids is 1. The van der Waals surface area contributed by atoms with Gasteiger partial charge in [-0.15, -0.1) is 24.0 Å². The normalized spacial score (nSPS) is 17.2. The Bertz CT molecular complexity index is 709. The summed E-state index contributed by atoms with van der Waals surface area (Å²) in [5.41, 5.74) is 1.48. The number of piperidine rings is 1. The van der Waals surface area contributed by atoms with Gasteiger partial charge in [0.05, 0.1) is 6.61 Å². The van der Waals surface area contributed by atoms with Crippen LogP contribution in [0.4, 0.5) is 4.39 Å². The number of aliphatic imine (C=N–C) groups is 1. The quantitative estimate of drug-likeness (QED) is 0.373. The number of rotatable bonds is 4. The van der Waals surface area contributed by atoms with Crippen LogP contribution in [-0.4, -0.2) is 50.7 Å². The van der Waals surface area contributed by atoms with Crippen molar-refractivity contribution in [2.75, 3.05) is 34.0 Å². The van der Waals surface area contributed by atoms with Crippen LogP contribution in [-0.2, 0) is 22.7 Å². The zero-order valence-electron chi connectivity index (χ0n) is 16.3. The summed E-state index contributed by atoms with van der Waals surface area (Å²) >= 11 is 0. The van der Waals surface area contributed by atoms with E-state index in [0.717, 1.165) is 43.0 Å². The fourth-order valence-corrected chi connectivity index (χ4v) is 3.61. The maximum absolute atomic E-state index is 13.9. The molecule has 1 aromatic carbocycles. The molecule has 1 saturated heterocycles. The number of nitrogens with zero attached hydrogens (tertiary/aromatic N) is 2. The molecule has 1 aromatic rings. The van der Waals surface area contributed by atoms with E-state index in [1.165, 1.54) is 12.1 Å². The fraction of sp³-hybridized carbons (Fsp3) is 0.579. The van der Waals surface area contributed by atoms with Crippen molar-refractivity contribution in [2.24, 2.45) is 10.9 Å². The van der Waals surface area contributed by atoms with Crippen molar-refractivity contribution in [1.29, 1.82) is 0 Å².